The van der Waals surface area contributed by atoms with E-state index in [1.807, 2.05) is 19.1 Å². The fourth-order valence-electron chi connectivity index (χ4n) is 2.89. The van der Waals surface area contributed by atoms with Gasteiger partial charge in [0.05, 0.1) is 22.5 Å². The van der Waals surface area contributed by atoms with Crippen LogP contribution in [0.2, 0.25) is 10.0 Å². The summed E-state index contributed by atoms with van der Waals surface area (Å²) in [5.74, 6) is -3.00. The Kier molecular flexibility index (Phi) is 7.14. The fourth-order valence-corrected chi connectivity index (χ4v) is 3.18. The van der Waals surface area contributed by atoms with Crippen molar-refractivity contribution in [3.05, 3.63) is 63.6 Å². The van der Waals surface area contributed by atoms with Crippen molar-refractivity contribution >= 4 is 52.6 Å². The summed E-state index contributed by atoms with van der Waals surface area (Å²) in [6, 6.07) is 11.4. The largest absolute Gasteiger partial charge is 0.455 e. The second-order valence-corrected chi connectivity index (χ2v) is 7.81. The highest BCUT2D eigenvalue weighted by atomic mass is 35.5. The minimum atomic E-state index is -0.797. The van der Waals surface area contributed by atoms with E-state index in [4.69, 9.17) is 27.9 Å². The maximum atomic E-state index is 12.3. The molecule has 10 heteroatoms. The van der Waals surface area contributed by atoms with Gasteiger partial charge in [0.25, 0.3) is 11.8 Å². The number of carbonyl (C=O) groups is 4. The lowest BCUT2D eigenvalue weighted by atomic mass is 10.1. The Hall–Kier alpha value is -3.10. The molecule has 0 bridgehead atoms. The smallest absolute Gasteiger partial charge is 0.311 e. The zero-order valence-corrected chi connectivity index (χ0v) is 18.0. The standard InChI is InChI=1S/C21H19Cl2N3O5/c1-12-2-5-15(6-3-12)24-18(27)11-31-21(30)14-9-19(28)26(10-14)25-20(29)13-4-7-16(22)17(23)8-13/h2-8,14H,9-11H2,1H3,(H,24,27)(H,25,29)/t14-/m0/s1. The zero-order valence-electron chi connectivity index (χ0n) is 16.5. The molecule has 0 radical (unpaired) electrons. The lowest BCUT2D eigenvalue weighted by molar-refractivity contribution is -0.151. The van der Waals surface area contributed by atoms with Crippen LogP contribution in [0.1, 0.15) is 22.3 Å². The predicted molar refractivity (Wildman–Crippen MR) is 115 cm³/mol. The summed E-state index contributed by atoms with van der Waals surface area (Å²) in [5, 5.41) is 4.16. The molecule has 0 aromatic heterocycles. The molecule has 2 aromatic rings. The van der Waals surface area contributed by atoms with Gasteiger partial charge >= 0.3 is 5.97 Å². The van der Waals surface area contributed by atoms with Crippen molar-refractivity contribution in [1.82, 2.24) is 10.4 Å². The summed E-state index contributed by atoms with van der Waals surface area (Å²) in [7, 11) is 0. The van der Waals surface area contributed by atoms with Crippen molar-refractivity contribution < 1.29 is 23.9 Å². The van der Waals surface area contributed by atoms with Crippen LogP contribution >= 0.6 is 23.2 Å². The molecule has 8 nitrogen and oxygen atoms in total. The second kappa shape index (κ2) is 9.80. The number of halogens is 2. The number of benzene rings is 2. The Morgan fingerprint density at radius 2 is 1.81 bits per heavy atom. The summed E-state index contributed by atoms with van der Waals surface area (Å²) in [5.41, 5.74) is 4.27. The average Bonchev–Trinajstić information content (AvgIpc) is 3.10. The van der Waals surface area contributed by atoms with E-state index in [1.54, 1.807) is 12.1 Å². The molecule has 0 saturated carbocycles. The van der Waals surface area contributed by atoms with Crippen LogP contribution in [-0.4, -0.2) is 41.9 Å². The second-order valence-electron chi connectivity index (χ2n) is 7.00. The normalized spacial score (nSPS) is 15.5. The Balaban J connectivity index is 1.49. The van der Waals surface area contributed by atoms with Crippen LogP contribution in [-0.2, 0) is 19.1 Å². The van der Waals surface area contributed by atoms with E-state index in [9.17, 15) is 19.2 Å². The van der Waals surface area contributed by atoms with Gasteiger partial charge in [0.2, 0.25) is 5.91 Å². The van der Waals surface area contributed by atoms with Crippen molar-refractivity contribution in [2.24, 2.45) is 5.92 Å². The third-order valence-corrected chi connectivity index (χ3v) is 5.30. The first-order valence-electron chi connectivity index (χ1n) is 9.32. The Bertz CT molecular complexity index is 1030. The molecule has 2 N–H and O–H groups in total. The number of hydrogen-bond acceptors (Lipinski definition) is 5. The average molecular weight is 464 g/mol. The van der Waals surface area contributed by atoms with Crippen LogP contribution in [0.25, 0.3) is 0 Å². The summed E-state index contributed by atoms with van der Waals surface area (Å²) >= 11 is 11.7. The van der Waals surface area contributed by atoms with Gasteiger partial charge in [-0.2, -0.15) is 0 Å². The van der Waals surface area contributed by atoms with Crippen molar-refractivity contribution in [3.8, 4) is 0 Å². The highest BCUT2D eigenvalue weighted by Crippen LogP contribution is 2.23. The van der Waals surface area contributed by atoms with Gasteiger partial charge in [-0.15, -0.1) is 0 Å². The number of carbonyl (C=O) groups excluding carboxylic acids is 4. The van der Waals surface area contributed by atoms with Gasteiger partial charge in [0, 0.05) is 17.7 Å². The third kappa shape index (κ3) is 5.96. The van der Waals surface area contributed by atoms with Crippen molar-refractivity contribution in [1.29, 1.82) is 0 Å². The van der Waals surface area contributed by atoms with Gasteiger partial charge in [-0.05, 0) is 37.3 Å². The summed E-state index contributed by atoms with van der Waals surface area (Å²) in [6.07, 6.45) is -0.139. The molecule has 0 spiro atoms. The Morgan fingerprint density at radius 1 is 1.10 bits per heavy atom. The fraction of sp³-hybridized carbons (Fsp3) is 0.238. The molecular formula is C21H19Cl2N3O5. The number of aryl methyl sites for hydroxylation is 1. The lowest BCUT2D eigenvalue weighted by Gasteiger charge is -2.17. The number of rotatable bonds is 6. The van der Waals surface area contributed by atoms with E-state index >= 15 is 0 Å². The van der Waals surface area contributed by atoms with Crippen molar-refractivity contribution in [2.75, 3.05) is 18.5 Å². The molecule has 2 aromatic carbocycles. The number of hydrazine groups is 1. The zero-order chi connectivity index (χ0) is 22.5. The third-order valence-electron chi connectivity index (χ3n) is 4.56. The molecule has 1 heterocycles. The highest BCUT2D eigenvalue weighted by Gasteiger charge is 2.36. The Morgan fingerprint density at radius 3 is 2.48 bits per heavy atom. The number of nitrogens with one attached hydrogen (secondary N) is 2. The SMILES string of the molecule is Cc1ccc(NC(=O)COC(=O)[C@H]2CC(=O)N(NC(=O)c3ccc(Cl)c(Cl)c3)C2)cc1. The van der Waals surface area contributed by atoms with Crippen LogP contribution in [0.4, 0.5) is 5.69 Å². The maximum absolute atomic E-state index is 12.3. The molecular weight excluding hydrogens is 445 g/mol. The van der Waals surface area contributed by atoms with Gasteiger partial charge in [0.15, 0.2) is 6.61 Å². The predicted octanol–water partition coefficient (Wildman–Crippen LogP) is 2.98. The monoisotopic (exact) mass is 463 g/mol. The molecule has 3 amide bonds. The van der Waals surface area contributed by atoms with E-state index in [0.29, 0.717) is 10.7 Å². The number of amides is 3. The van der Waals surface area contributed by atoms with E-state index in [2.05, 4.69) is 10.7 Å². The van der Waals surface area contributed by atoms with E-state index in [0.717, 1.165) is 10.6 Å². The maximum Gasteiger partial charge on any atom is 0.311 e. The molecule has 3 rings (SSSR count). The molecule has 0 unspecified atom stereocenters. The van der Waals surface area contributed by atoms with Gasteiger partial charge < -0.3 is 10.1 Å². The van der Waals surface area contributed by atoms with Gasteiger partial charge in [-0.25, -0.2) is 0 Å². The number of esters is 1. The van der Waals surface area contributed by atoms with Gasteiger partial charge in [-0.1, -0.05) is 40.9 Å². The van der Waals surface area contributed by atoms with Crippen LogP contribution in [0.5, 0.6) is 0 Å². The molecule has 1 aliphatic rings. The van der Waals surface area contributed by atoms with Crippen LogP contribution < -0.4 is 10.7 Å². The molecule has 1 atom stereocenters. The van der Waals surface area contributed by atoms with Crippen LogP contribution in [0.15, 0.2) is 42.5 Å². The topological polar surface area (TPSA) is 105 Å². The quantitative estimate of drug-likeness (QED) is 0.640. The first-order chi connectivity index (χ1) is 14.7. The number of nitrogens with zero attached hydrogens (tertiary/aromatic N) is 1. The van der Waals surface area contributed by atoms with Gasteiger partial charge in [-0.3, -0.25) is 29.6 Å². The minimum Gasteiger partial charge on any atom is -0.455 e. The van der Waals surface area contributed by atoms with Crippen molar-refractivity contribution in [3.63, 3.8) is 0 Å². The highest BCUT2D eigenvalue weighted by molar-refractivity contribution is 6.42. The first-order valence-corrected chi connectivity index (χ1v) is 10.1. The number of hydrogen-bond donors (Lipinski definition) is 2. The summed E-state index contributed by atoms with van der Waals surface area (Å²) in [4.78, 5) is 48.7. The first kappa shape index (κ1) is 22.6. The summed E-state index contributed by atoms with van der Waals surface area (Å²) < 4.78 is 5.02. The lowest BCUT2D eigenvalue weighted by Crippen LogP contribution is -2.43. The van der Waals surface area contributed by atoms with E-state index in [1.165, 1.54) is 18.2 Å². The van der Waals surface area contributed by atoms with Crippen LogP contribution in [0.3, 0.4) is 0 Å². The van der Waals surface area contributed by atoms with Gasteiger partial charge in [0.1, 0.15) is 0 Å². The molecule has 1 fully saturated rings. The number of ether oxygens (including phenoxy) is 1. The molecule has 162 valence electrons. The molecule has 0 aliphatic carbocycles. The minimum absolute atomic E-state index is 0.0652. The van der Waals surface area contributed by atoms with E-state index in [-0.39, 0.29) is 23.6 Å². The number of anilines is 1. The summed E-state index contributed by atoms with van der Waals surface area (Å²) in [6.45, 7) is 1.38. The Labute approximate surface area is 188 Å². The van der Waals surface area contributed by atoms with Crippen molar-refractivity contribution in [2.45, 2.75) is 13.3 Å². The molecule has 1 saturated heterocycles. The molecule has 31 heavy (non-hydrogen) atoms. The molecule has 1 aliphatic heterocycles. The van der Waals surface area contributed by atoms with E-state index < -0.39 is 36.2 Å². The van der Waals surface area contributed by atoms with Crippen LogP contribution in [0, 0.1) is 12.8 Å².